The van der Waals surface area contributed by atoms with Crippen LogP contribution < -0.4 is 5.32 Å². The summed E-state index contributed by atoms with van der Waals surface area (Å²) < 4.78 is 4.80. The molecule has 3 aromatic rings. The van der Waals surface area contributed by atoms with Gasteiger partial charge in [0.25, 0.3) is 4.92 Å². The Labute approximate surface area is 143 Å². The van der Waals surface area contributed by atoms with Gasteiger partial charge in [0.05, 0.1) is 23.1 Å². The highest BCUT2D eigenvalue weighted by Gasteiger charge is 2.13. The van der Waals surface area contributed by atoms with Crippen molar-refractivity contribution in [3.05, 3.63) is 64.7 Å². The Hall–Kier alpha value is -3.35. The maximum atomic E-state index is 11.8. The molecule has 3 rings (SSSR count). The van der Waals surface area contributed by atoms with Gasteiger partial charge >= 0.3 is 11.7 Å². The van der Waals surface area contributed by atoms with E-state index in [-0.39, 0.29) is 16.6 Å². The van der Waals surface area contributed by atoms with Gasteiger partial charge in [-0.1, -0.05) is 12.1 Å². The Balaban J connectivity index is 1.69. The number of hydrogen-bond donors (Lipinski definition) is 3. The first-order valence-corrected chi connectivity index (χ1v) is 7.77. The third-order valence-electron chi connectivity index (χ3n) is 4.02. The van der Waals surface area contributed by atoms with Crippen molar-refractivity contribution in [2.75, 3.05) is 19.0 Å². The zero-order chi connectivity index (χ0) is 17.8. The number of para-hydroxylation sites is 1. The molecular weight excluding hydrogens is 322 g/mol. The fourth-order valence-corrected chi connectivity index (χ4v) is 2.75. The largest absolute Gasteiger partial charge is 0.465 e. The number of aromatic nitrogens is 1. The van der Waals surface area contributed by atoms with Crippen LogP contribution in [0.4, 0.5) is 11.4 Å². The topological polar surface area (TPSA) is 94.4 Å². The van der Waals surface area contributed by atoms with Crippen LogP contribution in [0.15, 0.2) is 48.7 Å². The molecule has 128 valence electrons. The van der Waals surface area contributed by atoms with Gasteiger partial charge in [-0.3, -0.25) is 0 Å². The minimum Gasteiger partial charge on any atom is -0.465 e. The normalized spacial score (nSPS) is 10.6. The summed E-state index contributed by atoms with van der Waals surface area (Å²) in [6.45, 7) is 0.676. The third kappa shape index (κ3) is 3.45. The predicted octanol–water partition coefficient (Wildman–Crippen LogP) is 3.41. The highest BCUT2D eigenvalue weighted by Crippen LogP contribution is 2.23. The van der Waals surface area contributed by atoms with E-state index in [1.165, 1.54) is 19.2 Å². The Morgan fingerprint density at radius 1 is 1.24 bits per heavy atom. The van der Waals surface area contributed by atoms with E-state index in [0.717, 1.165) is 28.6 Å². The van der Waals surface area contributed by atoms with Crippen LogP contribution in [0.2, 0.25) is 0 Å². The van der Waals surface area contributed by atoms with Crippen LogP contribution in [0.3, 0.4) is 0 Å². The molecule has 0 fully saturated rings. The lowest BCUT2D eigenvalue weighted by Crippen LogP contribution is -2.05. The Morgan fingerprint density at radius 2 is 2.00 bits per heavy atom. The molecule has 1 aromatic heterocycles. The van der Waals surface area contributed by atoms with E-state index in [2.05, 4.69) is 10.3 Å². The number of rotatable bonds is 6. The summed E-state index contributed by atoms with van der Waals surface area (Å²) in [6.07, 6.45) is 2.64. The summed E-state index contributed by atoms with van der Waals surface area (Å²) in [7, 11) is 1.36. The number of anilines is 1. The maximum absolute atomic E-state index is 11.8. The van der Waals surface area contributed by atoms with Crippen molar-refractivity contribution >= 4 is 28.2 Å². The molecule has 7 nitrogen and oxygen atoms in total. The zero-order valence-electron chi connectivity index (χ0n) is 13.7. The van der Waals surface area contributed by atoms with Crippen LogP contribution in [0, 0.1) is 4.91 Å². The number of nitrogens with one attached hydrogen (secondary N) is 2. The summed E-state index contributed by atoms with van der Waals surface area (Å²) in [4.78, 5) is 25.5. The van der Waals surface area contributed by atoms with Crippen molar-refractivity contribution in [1.29, 1.82) is 0 Å². The zero-order valence-corrected chi connectivity index (χ0v) is 13.7. The van der Waals surface area contributed by atoms with Gasteiger partial charge in [0.15, 0.2) is 0 Å². The summed E-state index contributed by atoms with van der Waals surface area (Å²) >= 11 is 0. The number of hydrogen-bond acceptors (Lipinski definition) is 4. The second-order valence-electron chi connectivity index (χ2n) is 5.53. The SMILES string of the molecule is COC(=O)c1cccc2c(CCNc3ccc([N+](=O)O)cc3)c[nH]c12. The van der Waals surface area contributed by atoms with Crippen molar-refractivity contribution in [2.45, 2.75) is 6.42 Å². The van der Waals surface area contributed by atoms with Crippen molar-refractivity contribution in [2.24, 2.45) is 0 Å². The molecule has 0 saturated carbocycles. The van der Waals surface area contributed by atoms with Crippen molar-refractivity contribution in [3.8, 4) is 0 Å². The van der Waals surface area contributed by atoms with Gasteiger partial charge < -0.3 is 15.0 Å². The van der Waals surface area contributed by atoms with Crippen LogP contribution in [-0.4, -0.2) is 34.7 Å². The van der Waals surface area contributed by atoms with E-state index in [1.807, 2.05) is 18.3 Å². The van der Waals surface area contributed by atoms with E-state index >= 15 is 0 Å². The number of carbonyl (C=O) groups excluding carboxylic acids is 1. The quantitative estimate of drug-likeness (QED) is 0.472. The fraction of sp³-hybridized carbons (Fsp3) is 0.167. The van der Waals surface area contributed by atoms with Gasteiger partial charge in [-0.25, -0.2) is 10.0 Å². The molecule has 0 amide bonds. The average Bonchev–Trinajstić information content (AvgIpc) is 3.04. The molecule has 2 aromatic carbocycles. The number of esters is 1. The minimum atomic E-state index is -0.367. The Morgan fingerprint density at radius 3 is 2.68 bits per heavy atom. The highest BCUT2D eigenvalue weighted by atomic mass is 16.6. The van der Waals surface area contributed by atoms with E-state index in [1.54, 1.807) is 18.2 Å². The smallest absolute Gasteiger partial charge is 0.339 e. The molecule has 0 bridgehead atoms. The molecule has 0 aliphatic heterocycles. The number of fused-ring (bicyclic) bond motifs is 1. The molecule has 0 aliphatic rings. The first-order chi connectivity index (χ1) is 12.1. The number of aromatic amines is 1. The van der Waals surface area contributed by atoms with E-state index in [4.69, 9.17) is 9.94 Å². The second kappa shape index (κ2) is 7.04. The van der Waals surface area contributed by atoms with E-state index < -0.39 is 0 Å². The fourth-order valence-electron chi connectivity index (χ4n) is 2.75. The first kappa shape index (κ1) is 16.5. The summed E-state index contributed by atoms with van der Waals surface area (Å²) in [5.41, 5.74) is 3.40. The number of ether oxygens (including phenoxy) is 1. The number of H-pyrrole nitrogens is 1. The van der Waals surface area contributed by atoms with Crippen molar-refractivity contribution in [1.82, 2.24) is 4.98 Å². The van der Waals surface area contributed by atoms with Crippen LogP contribution in [0.5, 0.6) is 0 Å². The van der Waals surface area contributed by atoms with Crippen LogP contribution in [0.25, 0.3) is 10.9 Å². The molecule has 7 heteroatoms. The summed E-state index contributed by atoms with van der Waals surface area (Å²) in [6, 6.07) is 12.0. The number of carbonyl (C=O) groups is 1. The molecule has 0 atom stereocenters. The minimum absolute atomic E-state index is 0.172. The van der Waals surface area contributed by atoms with Crippen molar-refractivity contribution < 1.29 is 19.7 Å². The van der Waals surface area contributed by atoms with Gasteiger partial charge in [0.2, 0.25) is 0 Å². The molecule has 0 unspecified atom stereocenters. The third-order valence-corrected chi connectivity index (χ3v) is 4.02. The molecule has 0 aliphatic carbocycles. The van der Waals surface area contributed by atoms with Crippen LogP contribution >= 0.6 is 0 Å². The average molecular weight is 340 g/mol. The summed E-state index contributed by atoms with van der Waals surface area (Å²) in [5, 5.41) is 13.1. The lowest BCUT2D eigenvalue weighted by Gasteiger charge is -2.06. The predicted molar refractivity (Wildman–Crippen MR) is 93.3 cm³/mol. The Bertz CT molecular complexity index is 916. The second-order valence-corrected chi connectivity index (χ2v) is 5.53. The van der Waals surface area contributed by atoms with Gasteiger partial charge in [-0.2, -0.15) is 0 Å². The molecule has 1 heterocycles. The number of methoxy groups -OCH3 is 1. The maximum Gasteiger partial charge on any atom is 0.339 e. The van der Waals surface area contributed by atoms with Gasteiger partial charge in [-0.15, -0.1) is 0 Å². The Kier molecular flexibility index (Phi) is 4.65. The van der Waals surface area contributed by atoms with E-state index in [9.17, 15) is 9.70 Å². The molecule has 25 heavy (non-hydrogen) atoms. The van der Waals surface area contributed by atoms with Crippen LogP contribution in [-0.2, 0) is 11.2 Å². The lowest BCUT2D eigenvalue weighted by atomic mass is 10.1. The molecule has 0 saturated heterocycles. The van der Waals surface area contributed by atoms with E-state index in [0.29, 0.717) is 12.1 Å². The first-order valence-electron chi connectivity index (χ1n) is 7.77. The number of benzene rings is 2. The van der Waals surface area contributed by atoms with Crippen molar-refractivity contribution in [3.63, 3.8) is 0 Å². The molecule has 3 N–H and O–H groups in total. The van der Waals surface area contributed by atoms with Gasteiger partial charge in [0.1, 0.15) is 0 Å². The van der Waals surface area contributed by atoms with Gasteiger partial charge in [-0.05, 0) is 30.2 Å². The van der Waals surface area contributed by atoms with Gasteiger partial charge in [0, 0.05) is 35.9 Å². The number of nitrogens with zero attached hydrogens (tertiary/aromatic N) is 1. The highest BCUT2D eigenvalue weighted by molar-refractivity contribution is 6.03. The monoisotopic (exact) mass is 340 g/mol. The molecule has 0 spiro atoms. The lowest BCUT2D eigenvalue weighted by molar-refractivity contribution is -0.729. The van der Waals surface area contributed by atoms with Crippen LogP contribution in [0.1, 0.15) is 15.9 Å². The molecule has 0 radical (unpaired) electrons. The standard InChI is InChI=1S/C18H17N3O4/c1-25-18(22)16-4-2-3-15-12(11-20-17(15)16)9-10-19-13-5-7-14(8-6-13)21(23)24/h2-8,11,19H,9-10H2,1H3,(H-,20,22,23,24)/p+1. The summed E-state index contributed by atoms with van der Waals surface area (Å²) in [5.74, 6) is -0.367. The molecular formula is C18H18N3O4+.